The molecule has 4 nitrogen and oxygen atoms in total. The first-order chi connectivity index (χ1) is 10.6. The highest BCUT2D eigenvalue weighted by molar-refractivity contribution is 14.1. The molecule has 1 saturated heterocycles. The van der Waals surface area contributed by atoms with Gasteiger partial charge in [-0.1, -0.05) is 30.3 Å². The Hall–Kier alpha value is -1.44. The second-order valence-corrected chi connectivity index (χ2v) is 6.73. The van der Waals surface area contributed by atoms with E-state index in [1.165, 1.54) is 5.56 Å². The number of carbonyl (C=O) groups is 1. The van der Waals surface area contributed by atoms with E-state index in [2.05, 4.69) is 57.0 Å². The van der Waals surface area contributed by atoms with E-state index in [9.17, 15) is 4.79 Å². The summed E-state index contributed by atoms with van der Waals surface area (Å²) in [5.74, 6) is -0.00441. The van der Waals surface area contributed by atoms with Crippen LogP contribution in [0.15, 0.2) is 48.5 Å². The molecule has 0 bridgehead atoms. The molecule has 1 heterocycles. The number of halogens is 1. The van der Waals surface area contributed by atoms with Gasteiger partial charge in [0.25, 0.3) is 0 Å². The second kappa shape index (κ2) is 6.76. The summed E-state index contributed by atoms with van der Waals surface area (Å²) in [6.45, 7) is 2.00. The third kappa shape index (κ3) is 3.48. The molecule has 5 heteroatoms. The zero-order valence-electron chi connectivity index (χ0n) is 12.3. The molecule has 3 N–H and O–H groups in total. The summed E-state index contributed by atoms with van der Waals surface area (Å²) in [5.41, 5.74) is 9.43. The van der Waals surface area contributed by atoms with Crippen molar-refractivity contribution in [2.24, 2.45) is 0 Å². The highest BCUT2D eigenvalue weighted by Gasteiger charge is 2.30. The van der Waals surface area contributed by atoms with E-state index in [1.54, 1.807) is 0 Å². The largest absolute Gasteiger partial charge is 0.324 e. The summed E-state index contributed by atoms with van der Waals surface area (Å²) in [7, 11) is 0. The Balaban J connectivity index is 1.64. The Morgan fingerprint density at radius 3 is 2.68 bits per heavy atom. The average Bonchev–Trinajstić information content (AvgIpc) is 3.01. The van der Waals surface area contributed by atoms with Crippen LogP contribution >= 0.6 is 22.6 Å². The monoisotopic (exact) mass is 407 g/mol. The third-order valence-corrected chi connectivity index (χ3v) is 4.54. The molecule has 114 valence electrons. The first-order valence-corrected chi connectivity index (χ1v) is 8.34. The lowest BCUT2D eigenvalue weighted by molar-refractivity contribution is -0.117. The van der Waals surface area contributed by atoms with Gasteiger partial charge in [0.05, 0.1) is 0 Å². The minimum Gasteiger partial charge on any atom is -0.324 e. The van der Waals surface area contributed by atoms with E-state index in [-0.39, 0.29) is 18.0 Å². The zero-order chi connectivity index (χ0) is 15.5. The van der Waals surface area contributed by atoms with Crippen LogP contribution in [0.25, 0.3) is 0 Å². The second-order valence-electron chi connectivity index (χ2n) is 5.49. The number of carbonyl (C=O) groups excluding carboxylic acids is 1. The van der Waals surface area contributed by atoms with Gasteiger partial charge in [-0.2, -0.15) is 0 Å². The molecule has 2 aromatic rings. The highest BCUT2D eigenvalue weighted by Crippen LogP contribution is 2.23. The first-order valence-electron chi connectivity index (χ1n) is 7.26. The quantitative estimate of drug-likeness (QED) is 0.686. The molecule has 0 aliphatic carbocycles. The maximum absolute atomic E-state index is 12.4. The summed E-state index contributed by atoms with van der Waals surface area (Å²) in [4.78, 5) is 12.4. The van der Waals surface area contributed by atoms with Crippen LogP contribution in [-0.4, -0.2) is 11.9 Å². The van der Waals surface area contributed by atoms with Crippen LogP contribution in [0, 0.1) is 10.5 Å². The topological polar surface area (TPSA) is 53.2 Å². The maximum atomic E-state index is 12.4. The number of aryl methyl sites for hydroxylation is 1. The molecule has 1 amide bonds. The number of benzene rings is 2. The molecule has 2 aromatic carbocycles. The molecule has 1 aliphatic rings. The van der Waals surface area contributed by atoms with Crippen molar-refractivity contribution < 1.29 is 4.79 Å². The van der Waals surface area contributed by atoms with Crippen LogP contribution in [0.5, 0.6) is 0 Å². The van der Waals surface area contributed by atoms with Gasteiger partial charge in [0.2, 0.25) is 5.91 Å². The van der Waals surface area contributed by atoms with Crippen LogP contribution in [-0.2, 0) is 4.79 Å². The van der Waals surface area contributed by atoms with Crippen molar-refractivity contribution in [2.45, 2.75) is 25.4 Å². The molecule has 0 aromatic heterocycles. The number of anilines is 1. The summed E-state index contributed by atoms with van der Waals surface area (Å²) in [5, 5.41) is 3.01. The van der Waals surface area contributed by atoms with Crippen LogP contribution < -0.4 is 16.2 Å². The first kappa shape index (κ1) is 15.5. The number of nitrogens with one attached hydrogen (secondary N) is 3. The fourth-order valence-corrected chi connectivity index (χ4v) is 3.27. The normalized spacial score (nSPS) is 20.8. The number of hydrogen-bond donors (Lipinski definition) is 3. The van der Waals surface area contributed by atoms with E-state index in [0.29, 0.717) is 0 Å². The fourth-order valence-electron chi connectivity index (χ4n) is 2.62. The van der Waals surface area contributed by atoms with Crippen molar-refractivity contribution in [1.29, 1.82) is 0 Å². The number of amides is 1. The third-order valence-electron chi connectivity index (χ3n) is 3.87. The van der Waals surface area contributed by atoms with Crippen molar-refractivity contribution in [3.63, 3.8) is 0 Å². The Bertz CT molecular complexity index is 675. The number of hydrazine groups is 1. The molecular weight excluding hydrogens is 389 g/mol. The molecule has 22 heavy (non-hydrogen) atoms. The van der Waals surface area contributed by atoms with Gasteiger partial charge in [0.15, 0.2) is 0 Å². The number of hydrogen-bond acceptors (Lipinski definition) is 3. The Kier molecular flexibility index (Phi) is 4.75. The molecule has 3 rings (SSSR count). The maximum Gasteiger partial charge on any atom is 0.242 e. The van der Waals surface area contributed by atoms with E-state index < -0.39 is 0 Å². The van der Waals surface area contributed by atoms with Gasteiger partial charge >= 0.3 is 0 Å². The Morgan fingerprint density at radius 2 is 1.95 bits per heavy atom. The van der Waals surface area contributed by atoms with Crippen LogP contribution in [0.4, 0.5) is 5.69 Å². The minimum absolute atomic E-state index is 0.00441. The van der Waals surface area contributed by atoms with Crippen LogP contribution in [0.1, 0.15) is 23.6 Å². The Labute approximate surface area is 143 Å². The predicted molar refractivity (Wildman–Crippen MR) is 96.4 cm³/mol. The average molecular weight is 407 g/mol. The Morgan fingerprint density at radius 1 is 1.18 bits per heavy atom. The van der Waals surface area contributed by atoms with Crippen molar-refractivity contribution in [1.82, 2.24) is 10.9 Å². The summed E-state index contributed by atoms with van der Waals surface area (Å²) in [6.07, 6.45) is 0.735. The lowest BCUT2D eigenvalue weighted by atomic mass is 10.0. The molecule has 0 radical (unpaired) electrons. The van der Waals surface area contributed by atoms with Gasteiger partial charge in [0.1, 0.15) is 6.04 Å². The van der Waals surface area contributed by atoms with Gasteiger partial charge in [-0.25, -0.2) is 10.9 Å². The fraction of sp³-hybridized carbons (Fsp3) is 0.235. The van der Waals surface area contributed by atoms with Crippen molar-refractivity contribution in [3.8, 4) is 0 Å². The SMILES string of the molecule is Cc1cc(I)ccc1NC(=O)C1CC(c2ccccc2)NN1. The summed E-state index contributed by atoms with van der Waals surface area (Å²) >= 11 is 2.27. The van der Waals surface area contributed by atoms with E-state index in [4.69, 9.17) is 0 Å². The van der Waals surface area contributed by atoms with Crippen molar-refractivity contribution >= 4 is 34.2 Å². The van der Waals surface area contributed by atoms with Crippen molar-refractivity contribution in [2.75, 3.05) is 5.32 Å². The van der Waals surface area contributed by atoms with Gasteiger partial charge in [-0.05, 0) is 65.3 Å². The van der Waals surface area contributed by atoms with E-state index in [1.807, 2.05) is 37.3 Å². The lowest BCUT2D eigenvalue weighted by Crippen LogP contribution is -2.39. The summed E-state index contributed by atoms with van der Waals surface area (Å²) in [6, 6.07) is 16.1. The highest BCUT2D eigenvalue weighted by atomic mass is 127. The van der Waals surface area contributed by atoms with Gasteiger partial charge < -0.3 is 5.32 Å². The molecule has 0 saturated carbocycles. The zero-order valence-corrected chi connectivity index (χ0v) is 14.4. The lowest BCUT2D eigenvalue weighted by Gasteiger charge is -2.13. The molecular formula is C17H18IN3O. The smallest absolute Gasteiger partial charge is 0.242 e. The number of rotatable bonds is 3. The van der Waals surface area contributed by atoms with Gasteiger partial charge in [-0.15, -0.1) is 0 Å². The standard InChI is InChI=1S/C17H18IN3O/c1-11-9-13(18)7-8-14(11)19-17(22)16-10-15(20-21-16)12-5-3-2-4-6-12/h2-9,15-16,20-21H,10H2,1H3,(H,19,22). The molecule has 1 aliphatic heterocycles. The van der Waals surface area contributed by atoms with Gasteiger partial charge in [-0.3, -0.25) is 4.79 Å². The predicted octanol–water partition coefficient (Wildman–Crippen LogP) is 3.15. The van der Waals surface area contributed by atoms with Crippen LogP contribution in [0.2, 0.25) is 0 Å². The molecule has 1 fully saturated rings. The minimum atomic E-state index is -0.233. The van der Waals surface area contributed by atoms with Crippen molar-refractivity contribution in [3.05, 3.63) is 63.2 Å². The van der Waals surface area contributed by atoms with E-state index >= 15 is 0 Å². The molecule has 2 atom stereocenters. The summed E-state index contributed by atoms with van der Waals surface area (Å²) < 4.78 is 1.16. The molecule has 2 unspecified atom stereocenters. The van der Waals surface area contributed by atoms with Gasteiger partial charge in [0, 0.05) is 15.3 Å². The van der Waals surface area contributed by atoms with E-state index in [0.717, 1.165) is 21.2 Å². The van der Waals surface area contributed by atoms with Crippen LogP contribution in [0.3, 0.4) is 0 Å². The molecule has 0 spiro atoms.